The fourth-order valence-electron chi connectivity index (χ4n) is 1.41. The molecule has 0 saturated carbocycles. The molecule has 1 aromatic rings. The molecule has 1 N–H and O–H groups in total. The van der Waals surface area contributed by atoms with E-state index in [9.17, 15) is 0 Å². The monoisotopic (exact) mass is 261 g/mol. The van der Waals surface area contributed by atoms with Gasteiger partial charge in [0.05, 0.1) is 23.4 Å². The Balaban J connectivity index is 2.50. The van der Waals surface area contributed by atoms with Gasteiger partial charge in [0.15, 0.2) is 0 Å². The molecule has 0 amide bonds. The SMILES string of the molecule is COCC(C)NC(C)c1occc1Br. The van der Waals surface area contributed by atoms with Gasteiger partial charge in [-0.05, 0) is 35.8 Å². The predicted octanol–water partition coefficient (Wildman–Crippen LogP) is 2.73. The van der Waals surface area contributed by atoms with Crippen molar-refractivity contribution < 1.29 is 9.15 Å². The largest absolute Gasteiger partial charge is 0.466 e. The zero-order valence-electron chi connectivity index (χ0n) is 8.71. The maximum atomic E-state index is 5.35. The van der Waals surface area contributed by atoms with Crippen LogP contribution in [0.1, 0.15) is 25.6 Å². The lowest BCUT2D eigenvalue weighted by Gasteiger charge is -2.17. The van der Waals surface area contributed by atoms with Crippen LogP contribution in [0, 0.1) is 0 Å². The minimum Gasteiger partial charge on any atom is -0.466 e. The summed E-state index contributed by atoms with van der Waals surface area (Å²) in [5.41, 5.74) is 0. The first kappa shape index (κ1) is 11.8. The molecule has 0 fully saturated rings. The Labute approximate surface area is 92.9 Å². The third-order valence-electron chi connectivity index (χ3n) is 1.99. The van der Waals surface area contributed by atoms with Crippen molar-refractivity contribution in [2.75, 3.05) is 13.7 Å². The van der Waals surface area contributed by atoms with Gasteiger partial charge in [-0.2, -0.15) is 0 Å². The number of hydrogen-bond acceptors (Lipinski definition) is 3. The number of nitrogens with one attached hydrogen (secondary N) is 1. The molecular formula is C10H16BrNO2. The Morgan fingerprint density at radius 1 is 1.57 bits per heavy atom. The van der Waals surface area contributed by atoms with E-state index in [-0.39, 0.29) is 6.04 Å². The second kappa shape index (κ2) is 5.53. The van der Waals surface area contributed by atoms with Crippen LogP contribution in [-0.4, -0.2) is 19.8 Å². The molecule has 0 aliphatic rings. The third kappa shape index (κ3) is 3.12. The number of halogens is 1. The average Bonchev–Trinajstić information content (AvgIpc) is 2.51. The van der Waals surface area contributed by atoms with Gasteiger partial charge in [-0.15, -0.1) is 0 Å². The summed E-state index contributed by atoms with van der Waals surface area (Å²) >= 11 is 3.43. The highest BCUT2D eigenvalue weighted by Crippen LogP contribution is 2.24. The summed E-state index contributed by atoms with van der Waals surface area (Å²) in [6.07, 6.45) is 1.68. The van der Waals surface area contributed by atoms with Crippen molar-refractivity contribution in [3.05, 3.63) is 22.6 Å². The Hall–Kier alpha value is -0.320. The molecule has 3 nitrogen and oxygen atoms in total. The lowest BCUT2D eigenvalue weighted by atomic mass is 10.2. The first-order valence-electron chi connectivity index (χ1n) is 4.63. The lowest BCUT2D eigenvalue weighted by molar-refractivity contribution is 0.166. The summed E-state index contributed by atoms with van der Waals surface area (Å²) in [4.78, 5) is 0. The Bertz CT molecular complexity index is 275. The van der Waals surface area contributed by atoms with Gasteiger partial charge in [0, 0.05) is 13.2 Å². The fraction of sp³-hybridized carbons (Fsp3) is 0.600. The predicted molar refractivity (Wildman–Crippen MR) is 59.3 cm³/mol. The molecule has 0 bridgehead atoms. The minimum atomic E-state index is 0.185. The normalized spacial score (nSPS) is 15.4. The van der Waals surface area contributed by atoms with Crippen molar-refractivity contribution in [2.45, 2.75) is 25.9 Å². The van der Waals surface area contributed by atoms with Gasteiger partial charge in [-0.1, -0.05) is 0 Å². The van der Waals surface area contributed by atoms with E-state index in [0.717, 1.165) is 10.2 Å². The summed E-state index contributed by atoms with van der Waals surface area (Å²) in [6.45, 7) is 4.84. The first-order valence-corrected chi connectivity index (χ1v) is 5.42. The molecule has 2 unspecified atom stereocenters. The molecule has 1 rings (SSSR count). The van der Waals surface area contributed by atoms with Crippen LogP contribution in [0.4, 0.5) is 0 Å². The van der Waals surface area contributed by atoms with Crippen molar-refractivity contribution in [2.24, 2.45) is 0 Å². The molecule has 1 heterocycles. The second-order valence-corrected chi connectivity index (χ2v) is 4.23. The highest BCUT2D eigenvalue weighted by molar-refractivity contribution is 9.10. The van der Waals surface area contributed by atoms with Gasteiger partial charge in [-0.25, -0.2) is 0 Å². The molecule has 0 aliphatic carbocycles. The highest BCUT2D eigenvalue weighted by Gasteiger charge is 2.14. The summed E-state index contributed by atoms with van der Waals surface area (Å²) in [7, 11) is 1.70. The van der Waals surface area contributed by atoms with E-state index in [1.54, 1.807) is 13.4 Å². The molecule has 2 atom stereocenters. The summed E-state index contributed by atoms with van der Waals surface area (Å²) in [6, 6.07) is 2.39. The topological polar surface area (TPSA) is 34.4 Å². The quantitative estimate of drug-likeness (QED) is 0.885. The van der Waals surface area contributed by atoms with Crippen molar-refractivity contribution >= 4 is 15.9 Å². The van der Waals surface area contributed by atoms with Crippen molar-refractivity contribution in [3.8, 4) is 0 Å². The van der Waals surface area contributed by atoms with Crippen LogP contribution < -0.4 is 5.32 Å². The summed E-state index contributed by atoms with van der Waals surface area (Å²) in [5.74, 6) is 0.924. The molecule has 0 radical (unpaired) electrons. The van der Waals surface area contributed by atoms with Crippen LogP contribution in [0.3, 0.4) is 0 Å². The number of rotatable bonds is 5. The van der Waals surface area contributed by atoms with Gasteiger partial charge in [-0.3, -0.25) is 0 Å². The third-order valence-corrected chi connectivity index (χ3v) is 2.64. The van der Waals surface area contributed by atoms with Gasteiger partial charge in [0.25, 0.3) is 0 Å². The zero-order valence-corrected chi connectivity index (χ0v) is 10.3. The smallest absolute Gasteiger partial charge is 0.134 e. The molecule has 0 spiro atoms. The van der Waals surface area contributed by atoms with E-state index in [1.807, 2.05) is 6.07 Å². The van der Waals surface area contributed by atoms with Crippen molar-refractivity contribution in [1.29, 1.82) is 0 Å². The van der Waals surface area contributed by atoms with Crippen molar-refractivity contribution in [1.82, 2.24) is 5.32 Å². The molecule has 1 aromatic heterocycles. The number of hydrogen-bond donors (Lipinski definition) is 1. The molecule has 0 aliphatic heterocycles. The molecule has 14 heavy (non-hydrogen) atoms. The van der Waals surface area contributed by atoms with E-state index < -0.39 is 0 Å². The van der Waals surface area contributed by atoms with Crippen LogP contribution in [-0.2, 0) is 4.74 Å². The Morgan fingerprint density at radius 2 is 2.29 bits per heavy atom. The van der Waals surface area contributed by atoms with Gasteiger partial charge in [0.2, 0.25) is 0 Å². The summed E-state index contributed by atoms with van der Waals surface area (Å²) < 4.78 is 11.4. The van der Waals surface area contributed by atoms with E-state index in [1.165, 1.54) is 0 Å². The molecule has 80 valence electrons. The fourth-order valence-corrected chi connectivity index (χ4v) is 1.96. The average molecular weight is 262 g/mol. The highest BCUT2D eigenvalue weighted by atomic mass is 79.9. The maximum absolute atomic E-state index is 5.35. The minimum absolute atomic E-state index is 0.185. The van der Waals surface area contributed by atoms with Gasteiger partial charge >= 0.3 is 0 Å². The molecule has 0 aromatic carbocycles. The molecule has 0 saturated heterocycles. The van der Waals surface area contributed by atoms with E-state index in [0.29, 0.717) is 12.6 Å². The van der Waals surface area contributed by atoms with Gasteiger partial charge in [0.1, 0.15) is 5.76 Å². The molecular weight excluding hydrogens is 246 g/mol. The summed E-state index contributed by atoms with van der Waals surface area (Å²) in [5, 5.41) is 3.38. The number of ether oxygens (including phenoxy) is 1. The van der Waals surface area contributed by atoms with E-state index >= 15 is 0 Å². The Morgan fingerprint density at radius 3 is 2.79 bits per heavy atom. The zero-order chi connectivity index (χ0) is 10.6. The number of furan rings is 1. The Kier molecular flexibility index (Phi) is 4.65. The van der Waals surface area contributed by atoms with E-state index in [2.05, 4.69) is 35.1 Å². The first-order chi connectivity index (χ1) is 6.65. The molecule has 4 heteroatoms. The van der Waals surface area contributed by atoms with Crippen LogP contribution in [0.5, 0.6) is 0 Å². The standard InChI is InChI=1S/C10H16BrNO2/c1-7(6-13-3)12-8(2)10-9(11)4-5-14-10/h4-5,7-8,12H,6H2,1-3H3. The van der Waals surface area contributed by atoms with Crippen molar-refractivity contribution in [3.63, 3.8) is 0 Å². The van der Waals surface area contributed by atoms with Crippen LogP contribution in [0.2, 0.25) is 0 Å². The maximum Gasteiger partial charge on any atom is 0.134 e. The van der Waals surface area contributed by atoms with Crippen LogP contribution in [0.15, 0.2) is 21.2 Å². The lowest BCUT2D eigenvalue weighted by Crippen LogP contribution is -2.32. The second-order valence-electron chi connectivity index (χ2n) is 3.38. The number of methoxy groups -OCH3 is 1. The van der Waals surface area contributed by atoms with Gasteiger partial charge < -0.3 is 14.5 Å². The van der Waals surface area contributed by atoms with Crippen LogP contribution in [0.25, 0.3) is 0 Å². The van der Waals surface area contributed by atoms with Crippen LogP contribution >= 0.6 is 15.9 Å². The van der Waals surface area contributed by atoms with E-state index in [4.69, 9.17) is 9.15 Å².